The van der Waals surface area contributed by atoms with Gasteiger partial charge in [0.15, 0.2) is 0 Å². The number of hydrogen-bond donors (Lipinski definition) is 1. The van der Waals surface area contributed by atoms with E-state index in [0.29, 0.717) is 18.1 Å². The quantitative estimate of drug-likeness (QED) is 0.868. The normalized spacial score (nSPS) is 25.1. The van der Waals surface area contributed by atoms with Gasteiger partial charge in [-0.25, -0.2) is 0 Å². The molecule has 0 spiro atoms. The van der Waals surface area contributed by atoms with Crippen molar-refractivity contribution in [2.75, 3.05) is 6.61 Å². The molecule has 2 heterocycles. The molecule has 1 aliphatic heterocycles. The summed E-state index contributed by atoms with van der Waals surface area (Å²) in [5.41, 5.74) is 1.11. The van der Waals surface area contributed by atoms with Crippen molar-refractivity contribution >= 4 is 0 Å². The lowest BCUT2D eigenvalue weighted by Gasteiger charge is -2.32. The molecule has 3 nitrogen and oxygen atoms in total. The second-order valence-corrected chi connectivity index (χ2v) is 5.08. The van der Waals surface area contributed by atoms with Crippen LogP contribution >= 0.6 is 0 Å². The van der Waals surface area contributed by atoms with Crippen molar-refractivity contribution in [3.8, 4) is 0 Å². The van der Waals surface area contributed by atoms with Gasteiger partial charge < -0.3 is 10.1 Å². The second kappa shape index (κ2) is 6.12. The molecular formula is C14H22N2O. The first-order chi connectivity index (χ1) is 8.25. The molecule has 0 radical (unpaired) electrons. The Kier molecular flexibility index (Phi) is 4.51. The van der Waals surface area contributed by atoms with E-state index in [-0.39, 0.29) is 0 Å². The summed E-state index contributed by atoms with van der Waals surface area (Å²) < 4.78 is 5.77. The fourth-order valence-corrected chi connectivity index (χ4v) is 2.23. The van der Waals surface area contributed by atoms with E-state index in [2.05, 4.69) is 30.2 Å². The minimum atomic E-state index is 0.407. The summed E-state index contributed by atoms with van der Waals surface area (Å²) in [6.07, 6.45) is 4.48. The van der Waals surface area contributed by atoms with Crippen LogP contribution in [0.5, 0.6) is 0 Å². The highest BCUT2D eigenvalue weighted by Crippen LogP contribution is 2.20. The molecule has 3 heteroatoms. The zero-order valence-electron chi connectivity index (χ0n) is 10.7. The third-order valence-corrected chi connectivity index (χ3v) is 3.36. The summed E-state index contributed by atoms with van der Waals surface area (Å²) >= 11 is 0. The summed E-state index contributed by atoms with van der Waals surface area (Å²) in [6.45, 7) is 6.19. The smallest absolute Gasteiger partial charge is 0.0612 e. The standard InChI is InChI=1S/C14H22N2O/c1-11(2)14-9-12(6-8-17-14)16-10-13-5-3-4-7-15-13/h3-5,7,11-12,14,16H,6,8-10H2,1-2H3. The molecule has 1 saturated heterocycles. The first-order valence-electron chi connectivity index (χ1n) is 6.50. The van der Waals surface area contributed by atoms with Crippen LogP contribution in [0.15, 0.2) is 24.4 Å². The maximum absolute atomic E-state index is 5.77. The molecule has 1 N–H and O–H groups in total. The SMILES string of the molecule is CC(C)C1CC(NCc2ccccn2)CCO1. The lowest BCUT2D eigenvalue weighted by molar-refractivity contribution is -0.0246. The molecule has 0 aliphatic carbocycles. The van der Waals surface area contributed by atoms with Crippen LogP contribution in [-0.4, -0.2) is 23.7 Å². The Morgan fingerprint density at radius 1 is 1.47 bits per heavy atom. The Hall–Kier alpha value is -0.930. The Morgan fingerprint density at radius 3 is 3.06 bits per heavy atom. The van der Waals surface area contributed by atoms with Crippen molar-refractivity contribution in [2.24, 2.45) is 5.92 Å². The summed E-state index contributed by atoms with van der Waals surface area (Å²) in [5.74, 6) is 0.606. The van der Waals surface area contributed by atoms with Crippen molar-refractivity contribution in [2.45, 2.75) is 45.4 Å². The molecular weight excluding hydrogens is 212 g/mol. The molecule has 1 aromatic heterocycles. The molecule has 1 aromatic rings. The Balaban J connectivity index is 1.79. The highest BCUT2D eigenvalue weighted by molar-refractivity contribution is 5.03. The van der Waals surface area contributed by atoms with E-state index in [0.717, 1.165) is 31.7 Å². The van der Waals surface area contributed by atoms with Gasteiger partial charge in [-0.15, -0.1) is 0 Å². The topological polar surface area (TPSA) is 34.2 Å². The van der Waals surface area contributed by atoms with Crippen molar-refractivity contribution < 1.29 is 4.74 Å². The number of hydrogen-bond acceptors (Lipinski definition) is 3. The molecule has 0 saturated carbocycles. The molecule has 1 fully saturated rings. The van der Waals surface area contributed by atoms with Gasteiger partial charge in [0.05, 0.1) is 11.8 Å². The van der Waals surface area contributed by atoms with E-state index < -0.39 is 0 Å². The molecule has 2 rings (SSSR count). The van der Waals surface area contributed by atoms with Crippen molar-refractivity contribution in [3.63, 3.8) is 0 Å². The highest BCUT2D eigenvalue weighted by atomic mass is 16.5. The zero-order chi connectivity index (χ0) is 12.1. The van der Waals surface area contributed by atoms with Gasteiger partial charge in [-0.3, -0.25) is 4.98 Å². The number of ether oxygens (including phenoxy) is 1. The van der Waals surface area contributed by atoms with Gasteiger partial charge >= 0.3 is 0 Å². The predicted octanol–water partition coefficient (Wildman–Crippen LogP) is 2.37. The zero-order valence-corrected chi connectivity index (χ0v) is 10.7. The largest absolute Gasteiger partial charge is 0.378 e. The van der Waals surface area contributed by atoms with Crippen LogP contribution in [0.2, 0.25) is 0 Å². The maximum atomic E-state index is 5.77. The van der Waals surface area contributed by atoms with Crippen molar-refractivity contribution in [3.05, 3.63) is 30.1 Å². The second-order valence-electron chi connectivity index (χ2n) is 5.08. The maximum Gasteiger partial charge on any atom is 0.0612 e. The summed E-state index contributed by atoms with van der Waals surface area (Å²) in [7, 11) is 0. The van der Waals surface area contributed by atoms with Gasteiger partial charge in [0.25, 0.3) is 0 Å². The van der Waals surface area contributed by atoms with Crippen LogP contribution in [-0.2, 0) is 11.3 Å². The van der Waals surface area contributed by atoms with E-state index in [9.17, 15) is 0 Å². The number of rotatable bonds is 4. The highest BCUT2D eigenvalue weighted by Gasteiger charge is 2.24. The summed E-state index contributed by atoms with van der Waals surface area (Å²) in [5, 5.41) is 3.58. The molecule has 1 aliphatic rings. The average Bonchev–Trinajstić information content (AvgIpc) is 2.38. The monoisotopic (exact) mass is 234 g/mol. The van der Waals surface area contributed by atoms with Crippen LogP contribution in [0.25, 0.3) is 0 Å². The molecule has 2 atom stereocenters. The van der Waals surface area contributed by atoms with E-state index >= 15 is 0 Å². The van der Waals surface area contributed by atoms with Gasteiger partial charge in [-0.1, -0.05) is 19.9 Å². The Bertz CT molecular complexity index is 326. The van der Waals surface area contributed by atoms with Crippen LogP contribution in [0, 0.1) is 5.92 Å². The third-order valence-electron chi connectivity index (χ3n) is 3.36. The number of nitrogens with one attached hydrogen (secondary N) is 1. The van der Waals surface area contributed by atoms with Crippen LogP contribution in [0.3, 0.4) is 0 Å². The minimum Gasteiger partial charge on any atom is -0.378 e. The van der Waals surface area contributed by atoms with Gasteiger partial charge in [-0.05, 0) is 30.9 Å². The van der Waals surface area contributed by atoms with Gasteiger partial charge in [0, 0.05) is 25.4 Å². The Labute approximate surface area is 104 Å². The minimum absolute atomic E-state index is 0.407. The molecule has 94 valence electrons. The number of aromatic nitrogens is 1. The number of pyridine rings is 1. The summed E-state index contributed by atoms with van der Waals surface area (Å²) in [4.78, 5) is 4.32. The van der Waals surface area contributed by atoms with Crippen LogP contribution < -0.4 is 5.32 Å². The van der Waals surface area contributed by atoms with Crippen LogP contribution in [0.4, 0.5) is 0 Å². The van der Waals surface area contributed by atoms with E-state index in [4.69, 9.17) is 4.74 Å². The third kappa shape index (κ3) is 3.79. The number of nitrogens with zero attached hydrogens (tertiary/aromatic N) is 1. The van der Waals surface area contributed by atoms with Crippen LogP contribution in [0.1, 0.15) is 32.4 Å². The molecule has 0 aromatic carbocycles. The van der Waals surface area contributed by atoms with Crippen molar-refractivity contribution in [1.82, 2.24) is 10.3 Å². The predicted molar refractivity (Wildman–Crippen MR) is 68.7 cm³/mol. The molecule has 17 heavy (non-hydrogen) atoms. The van der Waals surface area contributed by atoms with E-state index in [1.807, 2.05) is 18.3 Å². The first kappa shape index (κ1) is 12.5. The van der Waals surface area contributed by atoms with Gasteiger partial charge in [0.2, 0.25) is 0 Å². The fourth-order valence-electron chi connectivity index (χ4n) is 2.23. The average molecular weight is 234 g/mol. The van der Waals surface area contributed by atoms with E-state index in [1.54, 1.807) is 0 Å². The lowest BCUT2D eigenvalue weighted by Crippen LogP contribution is -2.40. The summed E-state index contributed by atoms with van der Waals surface area (Å²) in [6, 6.07) is 6.61. The fraction of sp³-hybridized carbons (Fsp3) is 0.643. The lowest BCUT2D eigenvalue weighted by atomic mass is 9.95. The van der Waals surface area contributed by atoms with Gasteiger partial charge in [-0.2, -0.15) is 0 Å². The first-order valence-corrected chi connectivity index (χ1v) is 6.50. The molecule has 0 amide bonds. The Morgan fingerprint density at radius 2 is 2.35 bits per heavy atom. The molecule has 2 unspecified atom stereocenters. The van der Waals surface area contributed by atoms with Crippen molar-refractivity contribution in [1.29, 1.82) is 0 Å². The van der Waals surface area contributed by atoms with E-state index in [1.165, 1.54) is 0 Å². The van der Waals surface area contributed by atoms with Gasteiger partial charge in [0.1, 0.15) is 0 Å². The molecule has 0 bridgehead atoms.